The highest BCUT2D eigenvalue weighted by molar-refractivity contribution is 6.05. The molecular weight excluding hydrogens is 214 g/mol. The van der Waals surface area contributed by atoms with E-state index in [1.807, 2.05) is 4.90 Å². The predicted octanol–water partition coefficient (Wildman–Crippen LogP) is -1.35. The van der Waals surface area contributed by atoms with Gasteiger partial charge >= 0.3 is 5.97 Å². The number of nitrogens with zero attached hydrogens (tertiary/aromatic N) is 2. The Morgan fingerprint density at radius 3 is 2.88 bits per heavy atom. The number of nitrogens with one attached hydrogen (secondary N) is 1. The van der Waals surface area contributed by atoms with Gasteiger partial charge in [-0.3, -0.25) is 14.9 Å². The summed E-state index contributed by atoms with van der Waals surface area (Å²) in [5.74, 6) is -0.893. The van der Waals surface area contributed by atoms with Gasteiger partial charge in [-0.25, -0.2) is 4.99 Å². The van der Waals surface area contributed by atoms with Gasteiger partial charge in [0.05, 0.1) is 19.6 Å². The third-order valence-corrected chi connectivity index (χ3v) is 2.49. The fraction of sp³-hybridized carbons (Fsp3) is 0.667. The lowest BCUT2D eigenvalue weighted by molar-refractivity contribution is -0.139. The van der Waals surface area contributed by atoms with Crippen LogP contribution in [0.3, 0.4) is 0 Å². The van der Waals surface area contributed by atoms with Gasteiger partial charge in [-0.1, -0.05) is 0 Å². The molecule has 2 aliphatic rings. The fourth-order valence-electron chi connectivity index (χ4n) is 1.67. The van der Waals surface area contributed by atoms with Crippen LogP contribution in [0.25, 0.3) is 0 Å². The van der Waals surface area contributed by atoms with Crippen LogP contribution in [-0.2, 0) is 14.3 Å². The topological polar surface area (TPSA) is 91.2 Å². The van der Waals surface area contributed by atoms with Gasteiger partial charge in [0.2, 0.25) is 5.96 Å². The zero-order valence-electron chi connectivity index (χ0n) is 8.68. The fourth-order valence-corrected chi connectivity index (χ4v) is 1.67. The Balaban J connectivity index is 2.00. The molecule has 0 radical (unpaired) electrons. The summed E-state index contributed by atoms with van der Waals surface area (Å²) < 4.78 is 5.17. The lowest BCUT2D eigenvalue weighted by atomic mass is 10.2. The van der Waals surface area contributed by atoms with Gasteiger partial charge in [0, 0.05) is 13.1 Å². The van der Waals surface area contributed by atoms with Crippen molar-refractivity contribution in [3.63, 3.8) is 0 Å². The van der Waals surface area contributed by atoms with E-state index >= 15 is 0 Å². The van der Waals surface area contributed by atoms with E-state index in [1.165, 1.54) is 0 Å². The zero-order chi connectivity index (χ0) is 11.5. The largest absolute Gasteiger partial charge is 0.481 e. The Morgan fingerprint density at radius 2 is 2.25 bits per heavy atom. The van der Waals surface area contributed by atoms with Crippen molar-refractivity contribution in [2.45, 2.75) is 12.5 Å². The molecule has 1 atom stereocenters. The number of hydrogen-bond donors (Lipinski definition) is 2. The molecule has 0 bridgehead atoms. The van der Waals surface area contributed by atoms with Crippen molar-refractivity contribution in [3.05, 3.63) is 0 Å². The highest BCUT2D eigenvalue weighted by atomic mass is 16.5. The number of hydrogen-bond acceptors (Lipinski definition) is 5. The van der Waals surface area contributed by atoms with Crippen LogP contribution in [0.15, 0.2) is 4.99 Å². The standard InChI is InChI=1S/C9H13N3O4/c13-7(14)5-6-8(15)11-9(10-6)12-1-3-16-4-2-12/h6H,1-5H2,(H,13,14)(H,10,11,15)/t6-/m1/s1. The van der Waals surface area contributed by atoms with Gasteiger partial charge in [0.1, 0.15) is 6.04 Å². The van der Waals surface area contributed by atoms with Crippen LogP contribution in [0.1, 0.15) is 6.42 Å². The molecule has 7 heteroatoms. The summed E-state index contributed by atoms with van der Waals surface area (Å²) in [6.07, 6.45) is -0.264. The Bertz CT molecular complexity index is 336. The van der Waals surface area contributed by atoms with E-state index in [9.17, 15) is 9.59 Å². The summed E-state index contributed by atoms with van der Waals surface area (Å²) in [4.78, 5) is 27.9. The molecule has 0 aromatic rings. The average molecular weight is 227 g/mol. The first kappa shape index (κ1) is 10.9. The van der Waals surface area contributed by atoms with Crippen molar-refractivity contribution < 1.29 is 19.4 Å². The lowest BCUT2D eigenvalue weighted by Crippen LogP contribution is -2.46. The Morgan fingerprint density at radius 1 is 1.56 bits per heavy atom. The van der Waals surface area contributed by atoms with Crippen LogP contribution in [0.5, 0.6) is 0 Å². The average Bonchev–Trinajstić information content (AvgIpc) is 2.61. The van der Waals surface area contributed by atoms with Crippen LogP contribution in [0.4, 0.5) is 0 Å². The predicted molar refractivity (Wildman–Crippen MR) is 54.0 cm³/mol. The van der Waals surface area contributed by atoms with Crippen molar-refractivity contribution >= 4 is 17.8 Å². The van der Waals surface area contributed by atoms with Gasteiger partial charge in [0.25, 0.3) is 5.91 Å². The van der Waals surface area contributed by atoms with Crippen molar-refractivity contribution in [1.29, 1.82) is 0 Å². The summed E-state index contributed by atoms with van der Waals surface area (Å²) in [5.41, 5.74) is 0. The van der Waals surface area contributed by atoms with E-state index in [4.69, 9.17) is 9.84 Å². The molecule has 0 saturated carbocycles. The molecule has 1 amide bonds. The number of guanidine groups is 1. The Labute approximate surface area is 92.1 Å². The smallest absolute Gasteiger partial charge is 0.306 e. The molecule has 2 N–H and O–H groups in total. The van der Waals surface area contributed by atoms with Crippen LogP contribution in [0, 0.1) is 0 Å². The number of carboxylic acids is 1. The number of aliphatic carboxylic acids is 1. The minimum Gasteiger partial charge on any atom is -0.481 e. The molecule has 0 unspecified atom stereocenters. The van der Waals surface area contributed by atoms with E-state index in [-0.39, 0.29) is 12.3 Å². The summed E-state index contributed by atoms with van der Waals surface area (Å²) in [7, 11) is 0. The molecule has 0 aromatic heterocycles. The minimum atomic E-state index is -1.02. The molecule has 2 rings (SSSR count). The molecule has 0 aliphatic carbocycles. The molecule has 16 heavy (non-hydrogen) atoms. The summed E-state index contributed by atoms with van der Waals surface area (Å²) in [6.45, 7) is 2.52. The zero-order valence-corrected chi connectivity index (χ0v) is 8.68. The third kappa shape index (κ3) is 2.30. The number of morpholine rings is 1. The Hall–Kier alpha value is -1.63. The van der Waals surface area contributed by atoms with Crippen LogP contribution < -0.4 is 5.32 Å². The first-order valence-corrected chi connectivity index (χ1v) is 5.10. The normalized spacial score (nSPS) is 25.2. The first-order chi connectivity index (χ1) is 7.66. The van der Waals surface area contributed by atoms with Gasteiger partial charge in [-0.15, -0.1) is 0 Å². The minimum absolute atomic E-state index is 0.264. The van der Waals surface area contributed by atoms with Gasteiger partial charge < -0.3 is 14.7 Å². The molecule has 1 fully saturated rings. The van der Waals surface area contributed by atoms with Crippen molar-refractivity contribution in [3.8, 4) is 0 Å². The van der Waals surface area contributed by atoms with E-state index in [1.54, 1.807) is 0 Å². The maximum absolute atomic E-state index is 11.4. The van der Waals surface area contributed by atoms with E-state index in [0.717, 1.165) is 0 Å². The molecule has 1 saturated heterocycles. The maximum atomic E-state index is 11.4. The summed E-state index contributed by atoms with van der Waals surface area (Å²) in [6, 6.07) is -0.796. The van der Waals surface area contributed by atoms with E-state index in [0.29, 0.717) is 32.3 Å². The lowest BCUT2D eigenvalue weighted by Gasteiger charge is -2.27. The number of ether oxygens (including phenoxy) is 1. The van der Waals surface area contributed by atoms with E-state index < -0.39 is 12.0 Å². The van der Waals surface area contributed by atoms with E-state index in [2.05, 4.69) is 10.3 Å². The number of aliphatic imine (C=N–C) groups is 1. The van der Waals surface area contributed by atoms with Crippen LogP contribution >= 0.6 is 0 Å². The van der Waals surface area contributed by atoms with Gasteiger partial charge in [-0.2, -0.15) is 0 Å². The summed E-state index contributed by atoms with van der Waals surface area (Å²) >= 11 is 0. The summed E-state index contributed by atoms with van der Waals surface area (Å²) in [5, 5.41) is 11.2. The molecule has 2 heterocycles. The van der Waals surface area contributed by atoms with Crippen molar-refractivity contribution in [1.82, 2.24) is 10.2 Å². The number of carbonyl (C=O) groups is 2. The first-order valence-electron chi connectivity index (χ1n) is 5.10. The quantitative estimate of drug-likeness (QED) is 0.608. The number of rotatable bonds is 2. The SMILES string of the molecule is O=C(O)C[C@H]1N=C(N2CCOCC2)NC1=O. The second-order valence-electron chi connectivity index (χ2n) is 3.66. The third-order valence-electron chi connectivity index (χ3n) is 2.49. The van der Waals surface area contributed by atoms with Crippen molar-refractivity contribution in [2.75, 3.05) is 26.3 Å². The number of amides is 1. The number of carboxylic acid groups (broad SMARTS) is 1. The highest BCUT2D eigenvalue weighted by Gasteiger charge is 2.31. The molecule has 0 aromatic carbocycles. The van der Waals surface area contributed by atoms with Gasteiger partial charge in [-0.05, 0) is 0 Å². The van der Waals surface area contributed by atoms with Gasteiger partial charge in [0.15, 0.2) is 0 Å². The second-order valence-corrected chi connectivity index (χ2v) is 3.66. The maximum Gasteiger partial charge on any atom is 0.306 e. The molecular formula is C9H13N3O4. The number of carbonyl (C=O) groups excluding carboxylic acids is 1. The molecule has 2 aliphatic heterocycles. The highest BCUT2D eigenvalue weighted by Crippen LogP contribution is 2.09. The second kappa shape index (κ2) is 4.48. The van der Waals surface area contributed by atoms with Crippen LogP contribution in [-0.4, -0.2) is 60.2 Å². The van der Waals surface area contributed by atoms with Crippen LogP contribution in [0.2, 0.25) is 0 Å². The van der Waals surface area contributed by atoms with Crippen molar-refractivity contribution in [2.24, 2.45) is 4.99 Å². The monoisotopic (exact) mass is 227 g/mol. The molecule has 0 spiro atoms. The molecule has 7 nitrogen and oxygen atoms in total. The Kier molecular flexibility index (Phi) is 3.04. The molecule has 88 valence electrons.